The molecule has 0 radical (unpaired) electrons. The van der Waals surface area contributed by atoms with Crippen LogP contribution in [0.1, 0.15) is 117 Å². The predicted molar refractivity (Wildman–Crippen MR) is 216 cm³/mol. The lowest BCUT2D eigenvalue weighted by molar-refractivity contribution is -0.154. The number of carboxylic acids is 1. The summed E-state index contributed by atoms with van der Waals surface area (Å²) in [5, 5.41) is 8.87. The molecule has 0 saturated carbocycles. The minimum atomic E-state index is -4.64. The smallest absolute Gasteiger partial charge is 0.472 e. The summed E-state index contributed by atoms with van der Waals surface area (Å²) < 4.78 is 33.1. The van der Waals surface area contributed by atoms with Gasteiger partial charge in [-0.05, 0) is 89.9 Å². The Kier molecular flexibility index (Phi) is 35.0. The second-order valence-corrected chi connectivity index (χ2v) is 13.7. The summed E-state index contributed by atoms with van der Waals surface area (Å²) in [6.07, 6.45) is 47.6. The molecule has 0 aromatic heterocycles. The molecule has 4 N–H and O–H groups in total. The lowest BCUT2D eigenvalue weighted by atomic mass is 10.1. The van der Waals surface area contributed by atoms with Gasteiger partial charge in [0.05, 0.1) is 19.8 Å². The first-order chi connectivity index (χ1) is 25.7. The van der Waals surface area contributed by atoms with Gasteiger partial charge in [-0.3, -0.25) is 18.6 Å². The number of allylic oxidation sites excluding steroid dienone is 16. The lowest BCUT2D eigenvalue weighted by Crippen LogP contribution is -2.34. The number of aliphatic carboxylic acids is 1. The predicted octanol–water partition coefficient (Wildman–Crippen LogP) is 10.2. The van der Waals surface area contributed by atoms with Crippen molar-refractivity contribution in [3.05, 3.63) is 97.2 Å². The SMILES string of the molecule is CC/C=C\C/C=C\C/C=C\C/C=C\C/C=C\CCCCOCC(COP(=O)(O)OCC(N)C(=O)O)OC(=O)CCCCC/C=C\C/C=C\C/C=C\CC. The first-order valence-electron chi connectivity index (χ1n) is 19.3. The summed E-state index contributed by atoms with van der Waals surface area (Å²) in [6, 6.07) is -1.49. The van der Waals surface area contributed by atoms with Crippen molar-refractivity contribution in [3.63, 3.8) is 0 Å². The van der Waals surface area contributed by atoms with E-state index >= 15 is 0 Å². The summed E-state index contributed by atoms with van der Waals surface area (Å²) in [4.78, 5) is 33.4. The van der Waals surface area contributed by atoms with E-state index in [1.54, 1.807) is 0 Å². The van der Waals surface area contributed by atoms with Crippen LogP contribution >= 0.6 is 7.82 Å². The first kappa shape index (κ1) is 49.9. The maximum absolute atomic E-state index is 12.6. The van der Waals surface area contributed by atoms with Crippen LogP contribution in [0.3, 0.4) is 0 Å². The fraction of sp³-hybridized carbons (Fsp3) is 0.571. The van der Waals surface area contributed by atoms with Gasteiger partial charge in [0.25, 0.3) is 0 Å². The minimum Gasteiger partial charge on any atom is -0.480 e. The molecule has 0 rings (SSSR count). The number of ether oxygens (including phenoxy) is 2. The fourth-order valence-corrected chi connectivity index (χ4v) is 5.18. The number of carbonyl (C=O) groups is 2. The quantitative estimate of drug-likeness (QED) is 0.0246. The number of hydrogen-bond donors (Lipinski definition) is 3. The van der Waals surface area contributed by atoms with Gasteiger partial charge in [0.15, 0.2) is 0 Å². The van der Waals surface area contributed by atoms with Crippen LogP contribution in [0.15, 0.2) is 97.2 Å². The van der Waals surface area contributed by atoms with Crippen LogP contribution in [-0.2, 0) is 32.7 Å². The van der Waals surface area contributed by atoms with Crippen LogP contribution in [0.2, 0.25) is 0 Å². The van der Waals surface area contributed by atoms with Crippen molar-refractivity contribution < 1.29 is 42.7 Å². The second kappa shape index (κ2) is 37.2. The molecular weight excluding hydrogens is 693 g/mol. The van der Waals surface area contributed by atoms with Crippen molar-refractivity contribution in [1.29, 1.82) is 0 Å². The summed E-state index contributed by atoms with van der Waals surface area (Å²) in [5.41, 5.74) is 5.33. The molecule has 0 heterocycles. The molecule has 10 nitrogen and oxygen atoms in total. The zero-order valence-corrected chi connectivity index (χ0v) is 33.2. The Labute approximate surface area is 319 Å². The number of rotatable bonds is 35. The molecule has 0 spiro atoms. The maximum Gasteiger partial charge on any atom is 0.472 e. The molecule has 300 valence electrons. The molecule has 3 atom stereocenters. The molecule has 0 aliphatic heterocycles. The average molecular weight is 762 g/mol. The third-order valence-corrected chi connectivity index (χ3v) is 8.31. The van der Waals surface area contributed by atoms with Crippen LogP contribution in [0.4, 0.5) is 0 Å². The highest BCUT2D eigenvalue weighted by Gasteiger charge is 2.27. The zero-order chi connectivity index (χ0) is 39.1. The van der Waals surface area contributed by atoms with E-state index in [2.05, 4.69) is 116 Å². The van der Waals surface area contributed by atoms with Gasteiger partial charge < -0.3 is 25.2 Å². The van der Waals surface area contributed by atoms with Gasteiger partial charge in [-0.25, -0.2) is 4.57 Å². The first-order valence-corrected chi connectivity index (χ1v) is 20.8. The van der Waals surface area contributed by atoms with Gasteiger partial charge in [-0.2, -0.15) is 0 Å². The topological polar surface area (TPSA) is 155 Å². The number of unbranched alkanes of at least 4 members (excludes halogenated alkanes) is 5. The molecule has 0 aromatic carbocycles. The van der Waals surface area contributed by atoms with Crippen LogP contribution in [0.5, 0.6) is 0 Å². The standard InChI is InChI=1S/C42H68NO9P/c1-3-5-7-9-11-13-15-17-18-19-20-21-23-25-27-29-31-33-35-49-36-39(37-50-53(47,48)51-38-40(43)42(45)46)52-41(44)34-32-30-28-26-24-22-16-14-12-10-8-6-4-2/h5-8,11-14,17-18,20-22,24-25,27,39-40H,3-4,9-10,15-16,19,23,26,28-38,43H2,1-2H3,(H,45,46)(H,47,48)/b7-5-,8-6-,13-11-,14-12-,18-17-,21-20-,24-22-,27-25-. The molecule has 0 aliphatic rings. The van der Waals surface area contributed by atoms with Crippen LogP contribution in [0.25, 0.3) is 0 Å². The zero-order valence-electron chi connectivity index (χ0n) is 32.3. The van der Waals surface area contributed by atoms with E-state index in [9.17, 15) is 19.0 Å². The highest BCUT2D eigenvalue weighted by molar-refractivity contribution is 7.47. The summed E-state index contributed by atoms with van der Waals surface area (Å²) in [7, 11) is -4.64. The molecule has 11 heteroatoms. The van der Waals surface area contributed by atoms with E-state index in [1.165, 1.54) is 0 Å². The fourth-order valence-electron chi connectivity index (χ4n) is 4.41. The highest BCUT2D eigenvalue weighted by atomic mass is 31.2. The number of hydrogen-bond acceptors (Lipinski definition) is 8. The minimum absolute atomic E-state index is 0.0316. The van der Waals surface area contributed by atoms with Gasteiger partial charge in [-0.1, -0.05) is 117 Å². The van der Waals surface area contributed by atoms with Crippen LogP contribution in [-0.4, -0.2) is 60.5 Å². The van der Waals surface area contributed by atoms with Crippen molar-refractivity contribution in [2.75, 3.05) is 26.4 Å². The van der Waals surface area contributed by atoms with Gasteiger partial charge in [0.2, 0.25) is 0 Å². The van der Waals surface area contributed by atoms with E-state index in [0.717, 1.165) is 89.9 Å². The Balaban J connectivity index is 4.45. The molecule has 0 saturated heterocycles. The van der Waals surface area contributed by atoms with Crippen LogP contribution in [0, 0.1) is 0 Å². The number of phosphoric ester groups is 1. The molecule has 0 aliphatic carbocycles. The van der Waals surface area contributed by atoms with E-state index in [1.807, 2.05) is 0 Å². The van der Waals surface area contributed by atoms with Gasteiger partial charge in [0.1, 0.15) is 12.1 Å². The van der Waals surface area contributed by atoms with E-state index in [4.69, 9.17) is 24.8 Å². The molecule has 0 fully saturated rings. The van der Waals surface area contributed by atoms with Crippen molar-refractivity contribution in [2.45, 2.75) is 129 Å². The average Bonchev–Trinajstić information content (AvgIpc) is 3.13. The molecule has 53 heavy (non-hydrogen) atoms. The summed E-state index contributed by atoms with van der Waals surface area (Å²) >= 11 is 0. The Morgan fingerprint density at radius 3 is 1.51 bits per heavy atom. The normalized spacial score (nSPS) is 15.1. The largest absolute Gasteiger partial charge is 0.480 e. The molecule has 0 amide bonds. The van der Waals surface area contributed by atoms with Gasteiger partial charge in [-0.15, -0.1) is 0 Å². The van der Waals surface area contributed by atoms with E-state index < -0.39 is 45.1 Å². The molecular formula is C42H68NO9P. The Morgan fingerprint density at radius 1 is 0.604 bits per heavy atom. The Hall–Kier alpha value is -3.11. The van der Waals surface area contributed by atoms with E-state index in [-0.39, 0.29) is 13.0 Å². The third kappa shape index (κ3) is 37.0. The second-order valence-electron chi connectivity index (χ2n) is 12.3. The van der Waals surface area contributed by atoms with Crippen molar-refractivity contribution in [2.24, 2.45) is 5.73 Å². The number of nitrogens with two attached hydrogens (primary N) is 1. The monoisotopic (exact) mass is 761 g/mol. The van der Waals surface area contributed by atoms with Crippen molar-refractivity contribution >= 4 is 19.8 Å². The van der Waals surface area contributed by atoms with Crippen LogP contribution < -0.4 is 5.73 Å². The van der Waals surface area contributed by atoms with Gasteiger partial charge in [0, 0.05) is 13.0 Å². The number of esters is 1. The Bertz CT molecular complexity index is 1200. The van der Waals surface area contributed by atoms with Gasteiger partial charge >= 0.3 is 19.8 Å². The third-order valence-electron chi connectivity index (χ3n) is 7.36. The number of carboxylic acid groups (broad SMARTS) is 1. The number of carbonyl (C=O) groups excluding carboxylic acids is 1. The molecule has 0 aromatic rings. The van der Waals surface area contributed by atoms with Crippen molar-refractivity contribution in [1.82, 2.24) is 0 Å². The number of phosphoric acid groups is 1. The molecule has 3 unspecified atom stereocenters. The summed E-state index contributed by atoms with van der Waals surface area (Å²) in [5.74, 6) is -1.84. The summed E-state index contributed by atoms with van der Waals surface area (Å²) in [6.45, 7) is 3.46. The Morgan fingerprint density at radius 2 is 1.04 bits per heavy atom. The molecule has 0 bridgehead atoms. The highest BCUT2D eigenvalue weighted by Crippen LogP contribution is 2.43. The van der Waals surface area contributed by atoms with Crippen molar-refractivity contribution in [3.8, 4) is 0 Å². The van der Waals surface area contributed by atoms with E-state index in [0.29, 0.717) is 13.0 Å². The maximum atomic E-state index is 12.6. The lowest BCUT2D eigenvalue weighted by Gasteiger charge is -2.20.